The summed E-state index contributed by atoms with van der Waals surface area (Å²) in [5.41, 5.74) is 1.21. The van der Waals surface area contributed by atoms with Crippen molar-refractivity contribution in [3.05, 3.63) is 35.0 Å². The van der Waals surface area contributed by atoms with Crippen LogP contribution in [0.1, 0.15) is 18.9 Å². The molecule has 1 aromatic heterocycles. The van der Waals surface area contributed by atoms with Gasteiger partial charge in [0.2, 0.25) is 0 Å². The molecule has 0 unspecified atom stereocenters. The molecule has 1 rings (SSSR count). The van der Waals surface area contributed by atoms with Crippen molar-refractivity contribution < 1.29 is 0 Å². The highest BCUT2D eigenvalue weighted by atomic mass is 79.9. The van der Waals surface area contributed by atoms with Crippen LogP contribution in [0.2, 0.25) is 0 Å². The predicted molar refractivity (Wildman–Crippen MR) is 69.4 cm³/mol. The van der Waals surface area contributed by atoms with Crippen LogP contribution in [0.25, 0.3) is 0 Å². The van der Waals surface area contributed by atoms with Gasteiger partial charge in [0, 0.05) is 19.3 Å². The first kappa shape index (κ1) is 12.2. The fourth-order valence-corrected chi connectivity index (χ4v) is 1.94. The second-order valence-corrected chi connectivity index (χ2v) is 4.29. The van der Waals surface area contributed by atoms with E-state index >= 15 is 0 Å². The maximum atomic E-state index is 4.41. The van der Waals surface area contributed by atoms with Crippen molar-refractivity contribution >= 4 is 21.7 Å². The Labute approximate surface area is 100 Å². The minimum Gasteiger partial charge on any atom is -0.352 e. The SMILES string of the molecule is C=CCN(CCC)c1nccc(C)c1Br. The van der Waals surface area contributed by atoms with Crippen molar-refractivity contribution in [2.45, 2.75) is 20.3 Å². The topological polar surface area (TPSA) is 16.1 Å². The monoisotopic (exact) mass is 268 g/mol. The summed E-state index contributed by atoms with van der Waals surface area (Å²) in [6.45, 7) is 9.86. The highest BCUT2D eigenvalue weighted by molar-refractivity contribution is 9.10. The van der Waals surface area contributed by atoms with Crippen LogP contribution in [-0.2, 0) is 0 Å². The zero-order chi connectivity index (χ0) is 11.3. The lowest BCUT2D eigenvalue weighted by Crippen LogP contribution is -2.25. The Morgan fingerprint density at radius 3 is 2.93 bits per heavy atom. The van der Waals surface area contributed by atoms with Gasteiger partial charge in [0.15, 0.2) is 0 Å². The molecule has 0 aliphatic carbocycles. The third-order valence-electron chi connectivity index (χ3n) is 2.21. The lowest BCUT2D eigenvalue weighted by molar-refractivity contribution is 0.799. The van der Waals surface area contributed by atoms with E-state index in [-0.39, 0.29) is 0 Å². The van der Waals surface area contributed by atoms with E-state index in [2.05, 4.69) is 46.2 Å². The van der Waals surface area contributed by atoms with Crippen LogP contribution in [0.15, 0.2) is 29.4 Å². The van der Waals surface area contributed by atoms with Crippen LogP contribution >= 0.6 is 15.9 Å². The van der Waals surface area contributed by atoms with E-state index in [1.54, 1.807) is 0 Å². The van der Waals surface area contributed by atoms with Crippen molar-refractivity contribution in [2.75, 3.05) is 18.0 Å². The lowest BCUT2D eigenvalue weighted by Gasteiger charge is -2.23. The molecule has 1 aromatic rings. The van der Waals surface area contributed by atoms with E-state index in [4.69, 9.17) is 0 Å². The van der Waals surface area contributed by atoms with Gasteiger partial charge in [-0.25, -0.2) is 4.98 Å². The van der Waals surface area contributed by atoms with Gasteiger partial charge in [0.1, 0.15) is 5.82 Å². The van der Waals surface area contributed by atoms with Crippen molar-refractivity contribution in [3.8, 4) is 0 Å². The van der Waals surface area contributed by atoms with Gasteiger partial charge in [0.05, 0.1) is 4.47 Å². The molecule has 0 saturated heterocycles. The average Bonchev–Trinajstić information content (AvgIpc) is 2.22. The first-order valence-corrected chi connectivity index (χ1v) is 5.97. The summed E-state index contributed by atoms with van der Waals surface area (Å²) in [7, 11) is 0. The van der Waals surface area contributed by atoms with Crippen molar-refractivity contribution in [1.82, 2.24) is 4.98 Å². The average molecular weight is 269 g/mol. The highest BCUT2D eigenvalue weighted by Gasteiger charge is 2.10. The molecule has 0 spiro atoms. The van der Waals surface area contributed by atoms with Crippen molar-refractivity contribution in [3.63, 3.8) is 0 Å². The molecule has 0 N–H and O–H groups in total. The number of anilines is 1. The smallest absolute Gasteiger partial charge is 0.143 e. The van der Waals surface area contributed by atoms with Gasteiger partial charge in [0.25, 0.3) is 0 Å². The molecule has 0 aliphatic heterocycles. The maximum absolute atomic E-state index is 4.41. The molecule has 15 heavy (non-hydrogen) atoms. The van der Waals surface area contributed by atoms with Gasteiger partial charge in [-0.2, -0.15) is 0 Å². The molecule has 2 nitrogen and oxygen atoms in total. The number of hydrogen-bond acceptors (Lipinski definition) is 2. The van der Waals surface area contributed by atoms with Gasteiger partial charge < -0.3 is 4.90 Å². The zero-order valence-electron chi connectivity index (χ0n) is 9.33. The number of rotatable bonds is 5. The van der Waals surface area contributed by atoms with Gasteiger partial charge in [-0.3, -0.25) is 0 Å². The van der Waals surface area contributed by atoms with E-state index < -0.39 is 0 Å². The van der Waals surface area contributed by atoms with E-state index in [0.717, 1.165) is 29.8 Å². The zero-order valence-corrected chi connectivity index (χ0v) is 10.9. The maximum Gasteiger partial charge on any atom is 0.143 e. The molecule has 0 fully saturated rings. The summed E-state index contributed by atoms with van der Waals surface area (Å²) < 4.78 is 1.08. The third-order valence-corrected chi connectivity index (χ3v) is 3.19. The van der Waals surface area contributed by atoms with E-state index in [0.29, 0.717) is 0 Å². The number of halogens is 1. The minimum atomic E-state index is 0.836. The quantitative estimate of drug-likeness (QED) is 0.760. The number of nitrogens with zero attached hydrogens (tertiary/aromatic N) is 2. The molecule has 82 valence electrons. The van der Waals surface area contributed by atoms with Crippen LogP contribution in [0.4, 0.5) is 5.82 Å². The highest BCUT2D eigenvalue weighted by Crippen LogP contribution is 2.26. The predicted octanol–water partition coefficient (Wildman–Crippen LogP) is 3.55. The lowest BCUT2D eigenvalue weighted by atomic mass is 10.3. The summed E-state index contributed by atoms with van der Waals surface area (Å²) in [4.78, 5) is 6.63. The number of hydrogen-bond donors (Lipinski definition) is 0. The van der Waals surface area contributed by atoms with Gasteiger partial charge in [-0.1, -0.05) is 13.0 Å². The molecule has 3 heteroatoms. The summed E-state index contributed by atoms with van der Waals surface area (Å²) >= 11 is 3.58. The number of aromatic nitrogens is 1. The first-order chi connectivity index (χ1) is 7.20. The van der Waals surface area contributed by atoms with Crippen LogP contribution in [0.5, 0.6) is 0 Å². The van der Waals surface area contributed by atoms with Gasteiger partial charge >= 0.3 is 0 Å². The van der Waals surface area contributed by atoms with Crippen LogP contribution in [0, 0.1) is 6.92 Å². The Kier molecular flexibility index (Phi) is 4.82. The molecule has 0 aliphatic rings. The molecule has 0 amide bonds. The van der Waals surface area contributed by atoms with Crippen LogP contribution in [0.3, 0.4) is 0 Å². The van der Waals surface area contributed by atoms with Crippen molar-refractivity contribution in [2.24, 2.45) is 0 Å². The summed E-state index contributed by atoms with van der Waals surface area (Å²) in [6.07, 6.45) is 4.86. The normalized spacial score (nSPS) is 10.1. The largest absolute Gasteiger partial charge is 0.352 e. The number of aryl methyl sites for hydroxylation is 1. The molecule has 0 atom stereocenters. The Hall–Kier alpha value is -0.830. The Morgan fingerprint density at radius 1 is 1.60 bits per heavy atom. The minimum absolute atomic E-state index is 0.836. The van der Waals surface area contributed by atoms with Gasteiger partial charge in [-0.15, -0.1) is 6.58 Å². The number of pyridine rings is 1. The van der Waals surface area contributed by atoms with Crippen LogP contribution < -0.4 is 4.90 Å². The molecule has 0 aromatic carbocycles. The van der Waals surface area contributed by atoms with E-state index in [1.165, 1.54) is 5.56 Å². The molecule has 0 bridgehead atoms. The molecule has 0 saturated carbocycles. The second-order valence-electron chi connectivity index (χ2n) is 3.50. The Morgan fingerprint density at radius 2 is 2.33 bits per heavy atom. The van der Waals surface area contributed by atoms with E-state index in [9.17, 15) is 0 Å². The first-order valence-electron chi connectivity index (χ1n) is 5.17. The standard InChI is InChI=1S/C12H17BrN2/c1-4-8-15(9-5-2)12-11(13)10(3)6-7-14-12/h4,6-7H,1,5,8-9H2,2-3H3. The molecule has 1 heterocycles. The molecular formula is C12H17BrN2. The third kappa shape index (κ3) is 3.06. The summed E-state index contributed by atoms with van der Waals surface area (Å²) in [6, 6.07) is 2.01. The van der Waals surface area contributed by atoms with E-state index in [1.807, 2.05) is 18.3 Å². The Bertz CT molecular complexity index is 336. The van der Waals surface area contributed by atoms with Crippen molar-refractivity contribution in [1.29, 1.82) is 0 Å². The summed E-state index contributed by atoms with van der Waals surface area (Å²) in [5, 5.41) is 0. The van der Waals surface area contributed by atoms with Gasteiger partial charge in [-0.05, 0) is 40.9 Å². The molecular weight excluding hydrogens is 252 g/mol. The van der Waals surface area contributed by atoms with Crippen LogP contribution in [-0.4, -0.2) is 18.1 Å². The Balaban J connectivity index is 2.99. The molecule has 0 radical (unpaired) electrons. The fraction of sp³-hybridized carbons (Fsp3) is 0.417. The fourth-order valence-electron chi connectivity index (χ4n) is 1.46. The second kappa shape index (κ2) is 5.91. The summed E-state index contributed by atoms with van der Waals surface area (Å²) in [5.74, 6) is 1.01.